The molecule has 0 radical (unpaired) electrons. The Labute approximate surface area is 119 Å². The van der Waals surface area contributed by atoms with E-state index in [1.54, 1.807) is 6.08 Å². The number of benzene rings is 1. The van der Waals surface area contributed by atoms with Crippen molar-refractivity contribution in [3.8, 4) is 0 Å². The smallest absolute Gasteiger partial charge is 0.328 e. The third-order valence-electron chi connectivity index (χ3n) is 3.35. The van der Waals surface area contributed by atoms with Crippen molar-refractivity contribution in [2.24, 2.45) is 0 Å². The van der Waals surface area contributed by atoms with Crippen LogP contribution in [0.2, 0.25) is 0 Å². The number of morpholine rings is 1. The molecule has 0 bridgehead atoms. The van der Waals surface area contributed by atoms with E-state index in [0.29, 0.717) is 0 Å². The predicted molar refractivity (Wildman–Crippen MR) is 78.4 cm³/mol. The fraction of sp³-hybridized carbons (Fsp3) is 0.438. The van der Waals surface area contributed by atoms with E-state index in [1.807, 2.05) is 24.3 Å². The van der Waals surface area contributed by atoms with E-state index in [1.165, 1.54) is 6.08 Å². The van der Waals surface area contributed by atoms with Gasteiger partial charge in [-0.25, -0.2) is 4.79 Å². The first-order valence-corrected chi connectivity index (χ1v) is 6.91. The van der Waals surface area contributed by atoms with Gasteiger partial charge in [-0.15, -0.1) is 0 Å². The van der Waals surface area contributed by atoms with Crippen LogP contribution in [-0.4, -0.2) is 41.3 Å². The molecule has 0 amide bonds. The normalized spacial score (nSPS) is 24.1. The van der Waals surface area contributed by atoms with Crippen molar-refractivity contribution in [2.45, 2.75) is 32.6 Å². The maximum atomic E-state index is 10.6. The molecule has 1 aliphatic rings. The Hall–Kier alpha value is -1.65. The molecule has 0 spiro atoms. The highest BCUT2D eigenvalue weighted by molar-refractivity contribution is 5.85. The minimum Gasteiger partial charge on any atom is -0.478 e. The Morgan fingerprint density at radius 1 is 1.35 bits per heavy atom. The highest BCUT2D eigenvalue weighted by Crippen LogP contribution is 2.17. The summed E-state index contributed by atoms with van der Waals surface area (Å²) in [6.07, 6.45) is 3.31. The Balaban J connectivity index is 2.10. The number of rotatable bonds is 4. The molecule has 1 heterocycles. The van der Waals surface area contributed by atoms with Crippen molar-refractivity contribution in [1.29, 1.82) is 0 Å². The molecule has 1 N–H and O–H groups in total. The van der Waals surface area contributed by atoms with Gasteiger partial charge in [0, 0.05) is 25.7 Å². The van der Waals surface area contributed by atoms with E-state index < -0.39 is 5.97 Å². The van der Waals surface area contributed by atoms with Gasteiger partial charge in [-0.3, -0.25) is 4.90 Å². The van der Waals surface area contributed by atoms with E-state index in [9.17, 15) is 4.79 Å². The van der Waals surface area contributed by atoms with Crippen LogP contribution in [0.1, 0.15) is 25.0 Å². The van der Waals surface area contributed by atoms with Crippen molar-refractivity contribution in [3.63, 3.8) is 0 Å². The number of carbonyl (C=O) groups is 1. The molecule has 4 nitrogen and oxygen atoms in total. The monoisotopic (exact) mass is 275 g/mol. The number of hydrogen-bond acceptors (Lipinski definition) is 3. The van der Waals surface area contributed by atoms with Crippen LogP contribution in [-0.2, 0) is 16.1 Å². The molecular weight excluding hydrogens is 254 g/mol. The van der Waals surface area contributed by atoms with Crippen LogP contribution in [0.4, 0.5) is 0 Å². The average molecular weight is 275 g/mol. The average Bonchev–Trinajstić information content (AvgIpc) is 2.36. The van der Waals surface area contributed by atoms with Crippen molar-refractivity contribution >= 4 is 12.0 Å². The number of aliphatic carboxylic acids is 1. The molecule has 0 aliphatic carbocycles. The van der Waals surface area contributed by atoms with E-state index in [4.69, 9.17) is 9.84 Å². The predicted octanol–water partition coefficient (Wildman–Crippen LogP) is 2.39. The zero-order chi connectivity index (χ0) is 14.5. The minimum atomic E-state index is -0.923. The van der Waals surface area contributed by atoms with E-state index in [0.717, 1.165) is 30.8 Å². The highest BCUT2D eigenvalue weighted by Gasteiger charge is 2.22. The molecule has 2 atom stereocenters. The molecule has 108 valence electrons. The summed E-state index contributed by atoms with van der Waals surface area (Å²) in [5.41, 5.74) is 2.10. The van der Waals surface area contributed by atoms with E-state index in [-0.39, 0.29) is 12.2 Å². The minimum absolute atomic E-state index is 0.237. The molecule has 1 aromatic carbocycles. The zero-order valence-electron chi connectivity index (χ0n) is 12.0. The molecule has 1 aliphatic heterocycles. The summed E-state index contributed by atoms with van der Waals surface area (Å²) in [6.45, 7) is 6.79. The quantitative estimate of drug-likeness (QED) is 0.857. The second-order valence-corrected chi connectivity index (χ2v) is 5.32. The number of ether oxygens (including phenoxy) is 1. The first kappa shape index (κ1) is 14.8. The molecule has 0 unspecified atom stereocenters. The van der Waals surface area contributed by atoms with Gasteiger partial charge in [0.2, 0.25) is 0 Å². The molecular formula is C16H21NO3. The summed E-state index contributed by atoms with van der Waals surface area (Å²) >= 11 is 0. The van der Waals surface area contributed by atoms with Gasteiger partial charge >= 0.3 is 5.97 Å². The van der Waals surface area contributed by atoms with Gasteiger partial charge in [-0.05, 0) is 31.1 Å². The van der Waals surface area contributed by atoms with Gasteiger partial charge in [0.1, 0.15) is 0 Å². The number of carboxylic acids is 1. The molecule has 1 aromatic rings. The molecule has 4 heteroatoms. The van der Waals surface area contributed by atoms with E-state index in [2.05, 4.69) is 18.7 Å². The Bertz CT molecular complexity index is 488. The standard InChI is InChI=1S/C16H21NO3/c1-12-9-17(10-13(2)20-12)11-15-6-4-3-5-14(15)7-8-16(18)19/h3-8,12-13H,9-11H2,1-2H3,(H,18,19)/b8-7+/t12-,13+. The summed E-state index contributed by atoms with van der Waals surface area (Å²) < 4.78 is 5.73. The van der Waals surface area contributed by atoms with Crippen molar-refractivity contribution in [2.75, 3.05) is 13.1 Å². The van der Waals surface area contributed by atoms with Crippen LogP contribution in [0.5, 0.6) is 0 Å². The van der Waals surface area contributed by atoms with Gasteiger partial charge < -0.3 is 9.84 Å². The van der Waals surface area contributed by atoms with Crippen molar-refractivity contribution in [1.82, 2.24) is 4.90 Å². The maximum absolute atomic E-state index is 10.6. The van der Waals surface area contributed by atoms with Crippen LogP contribution >= 0.6 is 0 Å². The van der Waals surface area contributed by atoms with Crippen LogP contribution in [0.25, 0.3) is 6.08 Å². The number of carboxylic acid groups (broad SMARTS) is 1. The lowest BCUT2D eigenvalue weighted by atomic mass is 10.1. The molecule has 20 heavy (non-hydrogen) atoms. The SMILES string of the molecule is C[C@@H]1CN(Cc2ccccc2/C=C/C(=O)O)C[C@H](C)O1. The summed E-state index contributed by atoms with van der Waals surface area (Å²) in [4.78, 5) is 13.0. The number of nitrogens with zero attached hydrogens (tertiary/aromatic N) is 1. The van der Waals surface area contributed by atoms with E-state index >= 15 is 0 Å². The topological polar surface area (TPSA) is 49.8 Å². The zero-order valence-corrected chi connectivity index (χ0v) is 12.0. The molecule has 1 saturated heterocycles. The fourth-order valence-corrected chi connectivity index (χ4v) is 2.66. The number of hydrogen-bond donors (Lipinski definition) is 1. The van der Waals surface area contributed by atoms with Gasteiger partial charge in [0.25, 0.3) is 0 Å². The second-order valence-electron chi connectivity index (χ2n) is 5.32. The second kappa shape index (κ2) is 6.68. The fourth-order valence-electron chi connectivity index (χ4n) is 2.66. The molecule has 0 aromatic heterocycles. The Kier molecular flexibility index (Phi) is 4.93. The van der Waals surface area contributed by atoms with Gasteiger partial charge in [0.15, 0.2) is 0 Å². The Morgan fingerprint density at radius 2 is 2.00 bits per heavy atom. The van der Waals surface area contributed by atoms with Crippen LogP contribution in [0.15, 0.2) is 30.3 Å². The summed E-state index contributed by atoms with van der Waals surface area (Å²) in [5, 5.41) is 8.74. The summed E-state index contributed by atoms with van der Waals surface area (Å²) in [6, 6.07) is 7.91. The first-order chi connectivity index (χ1) is 9.54. The third kappa shape index (κ3) is 4.18. The first-order valence-electron chi connectivity index (χ1n) is 6.91. The maximum Gasteiger partial charge on any atom is 0.328 e. The van der Waals surface area contributed by atoms with Crippen molar-refractivity contribution in [3.05, 3.63) is 41.5 Å². The summed E-state index contributed by atoms with van der Waals surface area (Å²) in [5.74, 6) is -0.923. The lowest BCUT2D eigenvalue weighted by molar-refractivity contribution is -0.131. The largest absolute Gasteiger partial charge is 0.478 e. The highest BCUT2D eigenvalue weighted by atomic mass is 16.5. The third-order valence-corrected chi connectivity index (χ3v) is 3.35. The Morgan fingerprint density at radius 3 is 2.65 bits per heavy atom. The van der Waals surface area contributed by atoms with Crippen LogP contribution in [0.3, 0.4) is 0 Å². The summed E-state index contributed by atoms with van der Waals surface area (Å²) in [7, 11) is 0. The van der Waals surface area contributed by atoms with Crippen molar-refractivity contribution < 1.29 is 14.6 Å². The van der Waals surface area contributed by atoms with Gasteiger partial charge in [-0.2, -0.15) is 0 Å². The van der Waals surface area contributed by atoms with Gasteiger partial charge in [0.05, 0.1) is 12.2 Å². The lowest BCUT2D eigenvalue weighted by Gasteiger charge is -2.35. The molecule has 2 rings (SSSR count). The molecule has 1 fully saturated rings. The van der Waals surface area contributed by atoms with Crippen LogP contribution < -0.4 is 0 Å². The van der Waals surface area contributed by atoms with Crippen LogP contribution in [0, 0.1) is 0 Å². The lowest BCUT2D eigenvalue weighted by Crippen LogP contribution is -2.44. The molecule has 0 saturated carbocycles. The van der Waals surface area contributed by atoms with Gasteiger partial charge in [-0.1, -0.05) is 24.3 Å².